The van der Waals surface area contributed by atoms with Gasteiger partial charge in [0.1, 0.15) is 0 Å². The van der Waals surface area contributed by atoms with Gasteiger partial charge in [-0.25, -0.2) is 13.1 Å². The van der Waals surface area contributed by atoms with Crippen LogP contribution in [0.15, 0.2) is 23.1 Å². The van der Waals surface area contributed by atoms with Crippen molar-refractivity contribution in [3.8, 4) is 0 Å². The third-order valence-corrected chi connectivity index (χ3v) is 5.04. The van der Waals surface area contributed by atoms with E-state index in [1.54, 1.807) is 12.1 Å². The lowest BCUT2D eigenvalue weighted by Gasteiger charge is -2.23. The molecule has 0 radical (unpaired) electrons. The fourth-order valence-electron chi connectivity index (χ4n) is 1.97. The van der Waals surface area contributed by atoms with Gasteiger partial charge >= 0.3 is 0 Å². The molecule has 1 saturated heterocycles. The van der Waals surface area contributed by atoms with E-state index in [4.69, 9.17) is 11.6 Å². The zero-order valence-electron chi connectivity index (χ0n) is 10.2. The lowest BCUT2D eigenvalue weighted by molar-refractivity contribution is 0.427. The van der Waals surface area contributed by atoms with E-state index in [2.05, 4.69) is 10.0 Å². The van der Waals surface area contributed by atoms with E-state index in [0.717, 1.165) is 31.5 Å². The normalized spacial score (nSPS) is 17.9. The van der Waals surface area contributed by atoms with Gasteiger partial charge in [-0.2, -0.15) is 0 Å². The molecule has 1 aliphatic rings. The summed E-state index contributed by atoms with van der Waals surface area (Å²) in [6.07, 6.45) is 1.64. The number of hydrogen-bond donors (Lipinski definition) is 2. The van der Waals surface area contributed by atoms with Crippen LogP contribution in [-0.2, 0) is 10.0 Å². The van der Waals surface area contributed by atoms with Crippen molar-refractivity contribution in [2.45, 2.75) is 30.7 Å². The van der Waals surface area contributed by atoms with Crippen molar-refractivity contribution >= 4 is 21.6 Å². The number of rotatable bonds is 3. The maximum atomic E-state index is 12.2. The first-order valence-electron chi connectivity index (χ1n) is 5.98. The van der Waals surface area contributed by atoms with Crippen LogP contribution < -0.4 is 10.0 Å². The lowest BCUT2D eigenvalue weighted by atomic mass is 10.1. The van der Waals surface area contributed by atoms with Gasteiger partial charge in [-0.05, 0) is 50.6 Å². The number of hydrogen-bond acceptors (Lipinski definition) is 3. The Morgan fingerprint density at radius 1 is 1.33 bits per heavy atom. The second-order valence-corrected chi connectivity index (χ2v) is 6.68. The first-order chi connectivity index (χ1) is 8.49. The summed E-state index contributed by atoms with van der Waals surface area (Å²) in [4.78, 5) is 0.233. The molecule has 0 unspecified atom stereocenters. The fourth-order valence-corrected chi connectivity index (χ4v) is 3.54. The minimum absolute atomic E-state index is 0.0105. The van der Waals surface area contributed by atoms with Gasteiger partial charge in [-0.15, -0.1) is 0 Å². The summed E-state index contributed by atoms with van der Waals surface area (Å²) in [5, 5.41) is 3.68. The molecule has 100 valence electrons. The van der Waals surface area contributed by atoms with Gasteiger partial charge in [0, 0.05) is 11.1 Å². The Bertz CT molecular complexity index is 525. The third-order valence-electron chi connectivity index (χ3n) is 3.11. The van der Waals surface area contributed by atoms with E-state index < -0.39 is 10.0 Å². The smallest absolute Gasteiger partial charge is 0.240 e. The average Bonchev–Trinajstić information content (AvgIpc) is 2.33. The maximum absolute atomic E-state index is 12.2. The van der Waals surface area contributed by atoms with Gasteiger partial charge in [0.15, 0.2) is 0 Å². The van der Waals surface area contributed by atoms with Gasteiger partial charge in [0.05, 0.1) is 4.90 Å². The standard InChI is InChI=1S/C12H17ClN2O2S/c1-9-2-3-11(8-12(9)13)18(16,17)15-10-4-6-14-7-5-10/h2-3,8,10,14-15H,4-7H2,1H3. The van der Waals surface area contributed by atoms with Gasteiger partial charge in [0.2, 0.25) is 10.0 Å². The fraction of sp³-hybridized carbons (Fsp3) is 0.500. The minimum atomic E-state index is -3.46. The molecule has 0 aliphatic carbocycles. The van der Waals surface area contributed by atoms with Crippen LogP contribution in [0, 0.1) is 6.92 Å². The first-order valence-corrected chi connectivity index (χ1v) is 7.84. The van der Waals surface area contributed by atoms with E-state index in [1.807, 2.05) is 6.92 Å². The highest BCUT2D eigenvalue weighted by molar-refractivity contribution is 7.89. The third kappa shape index (κ3) is 3.23. The Kier molecular flexibility index (Phi) is 4.27. The number of aryl methyl sites for hydroxylation is 1. The monoisotopic (exact) mass is 288 g/mol. The van der Waals surface area contributed by atoms with Crippen LogP contribution in [-0.4, -0.2) is 27.5 Å². The molecule has 1 fully saturated rings. The largest absolute Gasteiger partial charge is 0.317 e. The molecular formula is C12H17ClN2O2S. The van der Waals surface area contributed by atoms with E-state index >= 15 is 0 Å². The summed E-state index contributed by atoms with van der Waals surface area (Å²) in [5.41, 5.74) is 0.873. The van der Waals surface area contributed by atoms with Crippen LogP contribution >= 0.6 is 11.6 Å². The number of sulfonamides is 1. The van der Waals surface area contributed by atoms with Crippen LogP contribution in [0.4, 0.5) is 0 Å². The molecule has 0 amide bonds. The number of nitrogens with one attached hydrogen (secondary N) is 2. The molecule has 18 heavy (non-hydrogen) atoms. The number of halogens is 1. The molecule has 1 heterocycles. The van der Waals surface area contributed by atoms with Crippen LogP contribution in [0.25, 0.3) is 0 Å². The van der Waals surface area contributed by atoms with Crippen molar-refractivity contribution < 1.29 is 8.42 Å². The summed E-state index contributed by atoms with van der Waals surface area (Å²) < 4.78 is 27.1. The molecule has 0 saturated carbocycles. The van der Waals surface area contributed by atoms with Gasteiger partial charge in [-0.1, -0.05) is 17.7 Å². The number of benzene rings is 1. The molecule has 1 aromatic rings. The zero-order valence-corrected chi connectivity index (χ0v) is 11.8. The van der Waals surface area contributed by atoms with Crippen molar-refractivity contribution in [1.29, 1.82) is 0 Å². The Morgan fingerprint density at radius 3 is 2.61 bits per heavy atom. The minimum Gasteiger partial charge on any atom is -0.317 e. The highest BCUT2D eigenvalue weighted by Gasteiger charge is 2.21. The quantitative estimate of drug-likeness (QED) is 0.890. The van der Waals surface area contributed by atoms with E-state index in [9.17, 15) is 8.42 Å². The van der Waals surface area contributed by atoms with E-state index in [0.29, 0.717) is 5.02 Å². The van der Waals surface area contributed by atoms with Crippen molar-refractivity contribution in [2.24, 2.45) is 0 Å². The Balaban J connectivity index is 2.16. The topological polar surface area (TPSA) is 58.2 Å². The molecule has 0 aromatic heterocycles. The molecule has 1 aromatic carbocycles. The molecular weight excluding hydrogens is 272 g/mol. The molecule has 1 aliphatic heterocycles. The van der Waals surface area contributed by atoms with Crippen LogP contribution in [0.1, 0.15) is 18.4 Å². The molecule has 0 spiro atoms. The van der Waals surface area contributed by atoms with E-state index in [1.165, 1.54) is 6.07 Å². The van der Waals surface area contributed by atoms with Gasteiger partial charge in [0.25, 0.3) is 0 Å². The van der Waals surface area contributed by atoms with Crippen molar-refractivity contribution in [2.75, 3.05) is 13.1 Å². The van der Waals surface area contributed by atoms with Gasteiger partial charge < -0.3 is 5.32 Å². The van der Waals surface area contributed by atoms with Crippen molar-refractivity contribution in [1.82, 2.24) is 10.0 Å². The maximum Gasteiger partial charge on any atom is 0.240 e. The Morgan fingerprint density at radius 2 is 2.00 bits per heavy atom. The summed E-state index contributed by atoms with van der Waals surface area (Å²) in [7, 11) is -3.46. The molecule has 4 nitrogen and oxygen atoms in total. The molecule has 2 rings (SSSR count). The predicted octanol–water partition coefficient (Wildman–Crippen LogP) is 1.68. The number of piperidine rings is 1. The second-order valence-electron chi connectivity index (χ2n) is 4.56. The van der Waals surface area contributed by atoms with Crippen molar-refractivity contribution in [3.05, 3.63) is 28.8 Å². The SMILES string of the molecule is Cc1ccc(S(=O)(=O)NC2CCNCC2)cc1Cl. The lowest BCUT2D eigenvalue weighted by Crippen LogP contribution is -2.42. The van der Waals surface area contributed by atoms with Crippen molar-refractivity contribution in [3.63, 3.8) is 0 Å². The molecule has 6 heteroatoms. The molecule has 2 N–H and O–H groups in total. The van der Waals surface area contributed by atoms with Crippen LogP contribution in [0.5, 0.6) is 0 Å². The van der Waals surface area contributed by atoms with Gasteiger partial charge in [-0.3, -0.25) is 0 Å². The summed E-state index contributed by atoms with van der Waals surface area (Å²) in [6, 6.07) is 4.82. The molecule has 0 bridgehead atoms. The average molecular weight is 289 g/mol. The first kappa shape index (κ1) is 13.8. The van der Waals surface area contributed by atoms with Crippen LogP contribution in [0.3, 0.4) is 0 Å². The Hall–Kier alpha value is -0.620. The predicted molar refractivity (Wildman–Crippen MR) is 72.4 cm³/mol. The summed E-state index contributed by atoms with van der Waals surface area (Å²) >= 11 is 5.96. The highest BCUT2D eigenvalue weighted by Crippen LogP contribution is 2.20. The second kappa shape index (κ2) is 5.57. The summed E-state index contributed by atoms with van der Waals surface area (Å²) in [5.74, 6) is 0. The zero-order chi connectivity index (χ0) is 13.2. The van der Waals surface area contributed by atoms with E-state index in [-0.39, 0.29) is 10.9 Å². The van der Waals surface area contributed by atoms with Crippen LogP contribution in [0.2, 0.25) is 5.02 Å². The molecule has 0 atom stereocenters. The highest BCUT2D eigenvalue weighted by atomic mass is 35.5. The summed E-state index contributed by atoms with van der Waals surface area (Å²) in [6.45, 7) is 3.54. The Labute approximate surface area is 113 Å².